The molecule has 7 nitrogen and oxygen atoms in total. The van der Waals surface area contributed by atoms with Crippen molar-refractivity contribution in [2.45, 2.75) is 6.42 Å². The average Bonchev–Trinajstić information content (AvgIpc) is 2.86. The van der Waals surface area contributed by atoms with Crippen molar-refractivity contribution in [2.24, 2.45) is 0 Å². The normalized spacial score (nSPS) is 9.78. The summed E-state index contributed by atoms with van der Waals surface area (Å²) in [6.07, 6.45) is 1.00. The molecular weight excluding hydrogens is 239 g/mol. The van der Waals surface area contributed by atoms with Crippen LogP contribution in [-0.2, 0) is 4.79 Å². The van der Waals surface area contributed by atoms with E-state index in [9.17, 15) is 9.18 Å². The zero-order valence-corrected chi connectivity index (χ0v) is 9.04. The molecule has 0 spiro atoms. The predicted octanol–water partition coefficient (Wildman–Crippen LogP) is 0.654. The molecule has 0 aliphatic rings. The summed E-state index contributed by atoms with van der Waals surface area (Å²) in [6.45, 7) is 0. The van der Waals surface area contributed by atoms with Gasteiger partial charge in [-0.05, 0) is 28.6 Å². The second kappa shape index (κ2) is 5.01. The minimum Gasteiger partial charge on any atom is -0.323 e. The fourth-order valence-corrected chi connectivity index (χ4v) is 1.30. The van der Waals surface area contributed by atoms with Crippen LogP contribution >= 0.6 is 0 Å². The Balaban J connectivity index is 2.28. The van der Waals surface area contributed by atoms with Crippen LogP contribution in [0.3, 0.4) is 0 Å². The fraction of sp³-hybridized carbons (Fsp3) is 0.100. The molecule has 0 fully saturated rings. The van der Waals surface area contributed by atoms with Gasteiger partial charge in [-0.25, -0.2) is 9.07 Å². The van der Waals surface area contributed by atoms with Gasteiger partial charge >= 0.3 is 0 Å². The van der Waals surface area contributed by atoms with Crippen LogP contribution in [0.1, 0.15) is 6.42 Å². The predicted molar refractivity (Wildman–Crippen MR) is 58.0 cm³/mol. The fourth-order valence-electron chi connectivity index (χ4n) is 1.30. The Labute approximate surface area is 101 Å². The molecule has 0 bridgehead atoms. The lowest BCUT2D eigenvalue weighted by Crippen LogP contribution is -2.12. The summed E-state index contributed by atoms with van der Waals surface area (Å²) in [5.41, 5.74) is 0.469. The van der Waals surface area contributed by atoms with Gasteiger partial charge in [0.25, 0.3) is 0 Å². The number of amides is 1. The van der Waals surface area contributed by atoms with Crippen LogP contribution in [0, 0.1) is 17.1 Å². The molecule has 2 rings (SSSR count). The number of carbonyl (C=O) groups is 1. The van der Waals surface area contributed by atoms with Crippen molar-refractivity contribution in [3.8, 4) is 11.8 Å². The number of hydrogen-bond donors (Lipinski definition) is 1. The number of tetrazole rings is 1. The van der Waals surface area contributed by atoms with Gasteiger partial charge in [-0.2, -0.15) is 5.26 Å². The molecular formula is C10H7FN6O. The SMILES string of the molecule is N#CCC(=O)Nc1cc(-n2cnnn2)ccc1F. The summed E-state index contributed by atoms with van der Waals surface area (Å²) in [7, 11) is 0. The van der Waals surface area contributed by atoms with Crippen LogP contribution in [0.5, 0.6) is 0 Å². The van der Waals surface area contributed by atoms with Gasteiger partial charge in [-0.3, -0.25) is 4.79 Å². The number of nitriles is 1. The van der Waals surface area contributed by atoms with Gasteiger partial charge in [0.2, 0.25) is 5.91 Å². The molecule has 1 N–H and O–H groups in total. The number of anilines is 1. The number of hydrogen-bond acceptors (Lipinski definition) is 5. The maximum Gasteiger partial charge on any atom is 0.238 e. The topological polar surface area (TPSA) is 96.5 Å². The largest absolute Gasteiger partial charge is 0.323 e. The molecule has 1 heterocycles. The van der Waals surface area contributed by atoms with E-state index in [2.05, 4.69) is 20.8 Å². The Morgan fingerprint density at radius 1 is 1.56 bits per heavy atom. The number of rotatable bonds is 3. The summed E-state index contributed by atoms with van der Waals surface area (Å²) in [6, 6.07) is 5.70. The van der Waals surface area contributed by atoms with Crippen molar-refractivity contribution in [2.75, 3.05) is 5.32 Å². The molecule has 1 aromatic heterocycles. The van der Waals surface area contributed by atoms with Crippen molar-refractivity contribution in [1.29, 1.82) is 5.26 Å². The lowest BCUT2D eigenvalue weighted by atomic mass is 10.2. The number of carbonyl (C=O) groups excluding carboxylic acids is 1. The lowest BCUT2D eigenvalue weighted by molar-refractivity contribution is -0.115. The Bertz CT molecular complexity index is 603. The highest BCUT2D eigenvalue weighted by Gasteiger charge is 2.09. The second-order valence-electron chi connectivity index (χ2n) is 3.30. The molecule has 2 aromatic rings. The Morgan fingerprint density at radius 3 is 3.06 bits per heavy atom. The van der Waals surface area contributed by atoms with Gasteiger partial charge in [0.15, 0.2) is 0 Å². The van der Waals surface area contributed by atoms with Gasteiger partial charge < -0.3 is 5.32 Å². The molecule has 0 radical (unpaired) electrons. The molecule has 0 aliphatic carbocycles. The highest BCUT2D eigenvalue weighted by Crippen LogP contribution is 2.18. The summed E-state index contributed by atoms with van der Waals surface area (Å²) < 4.78 is 14.8. The van der Waals surface area contributed by atoms with Crippen LogP contribution in [-0.4, -0.2) is 26.1 Å². The summed E-state index contributed by atoms with van der Waals surface area (Å²) in [5, 5.41) is 21.2. The molecule has 8 heteroatoms. The molecule has 0 saturated carbocycles. The third kappa shape index (κ3) is 2.46. The van der Waals surface area contributed by atoms with Crippen LogP contribution in [0.25, 0.3) is 5.69 Å². The van der Waals surface area contributed by atoms with Crippen LogP contribution in [0.4, 0.5) is 10.1 Å². The van der Waals surface area contributed by atoms with Gasteiger partial charge in [0.1, 0.15) is 18.6 Å². The van der Waals surface area contributed by atoms with E-state index < -0.39 is 11.7 Å². The molecule has 0 saturated heterocycles. The zero-order valence-electron chi connectivity index (χ0n) is 9.04. The quantitative estimate of drug-likeness (QED) is 0.857. The van der Waals surface area contributed by atoms with E-state index in [4.69, 9.17) is 5.26 Å². The maximum absolute atomic E-state index is 13.5. The third-order valence-electron chi connectivity index (χ3n) is 2.08. The first kappa shape index (κ1) is 11.7. The molecule has 18 heavy (non-hydrogen) atoms. The average molecular weight is 246 g/mol. The molecule has 0 unspecified atom stereocenters. The maximum atomic E-state index is 13.5. The van der Waals surface area contributed by atoms with Crippen molar-refractivity contribution < 1.29 is 9.18 Å². The van der Waals surface area contributed by atoms with Crippen molar-refractivity contribution >= 4 is 11.6 Å². The number of aromatic nitrogens is 4. The van der Waals surface area contributed by atoms with E-state index in [0.717, 1.165) is 0 Å². The van der Waals surface area contributed by atoms with Crippen molar-refractivity contribution in [3.05, 3.63) is 30.3 Å². The first-order valence-electron chi connectivity index (χ1n) is 4.90. The minimum absolute atomic E-state index is 0.0248. The molecule has 1 aromatic carbocycles. The summed E-state index contributed by atoms with van der Waals surface area (Å²) in [5.74, 6) is -1.18. The first-order chi connectivity index (χ1) is 8.70. The van der Waals surface area contributed by atoms with E-state index in [1.807, 2.05) is 0 Å². The van der Waals surface area contributed by atoms with Gasteiger partial charge in [-0.15, -0.1) is 5.10 Å². The van der Waals surface area contributed by atoms with E-state index in [1.165, 1.54) is 29.2 Å². The van der Waals surface area contributed by atoms with E-state index in [0.29, 0.717) is 5.69 Å². The van der Waals surface area contributed by atoms with Crippen molar-refractivity contribution in [1.82, 2.24) is 20.2 Å². The first-order valence-corrected chi connectivity index (χ1v) is 4.90. The number of benzene rings is 1. The van der Waals surface area contributed by atoms with Crippen LogP contribution in [0.15, 0.2) is 24.5 Å². The van der Waals surface area contributed by atoms with E-state index in [-0.39, 0.29) is 12.1 Å². The Hall–Kier alpha value is -2.82. The Morgan fingerprint density at radius 2 is 2.39 bits per heavy atom. The molecule has 1 amide bonds. The molecule has 90 valence electrons. The van der Waals surface area contributed by atoms with Gasteiger partial charge in [0, 0.05) is 0 Å². The zero-order chi connectivity index (χ0) is 13.0. The van der Waals surface area contributed by atoms with Crippen LogP contribution < -0.4 is 5.32 Å². The van der Waals surface area contributed by atoms with Crippen LogP contribution in [0.2, 0.25) is 0 Å². The van der Waals surface area contributed by atoms with Crippen molar-refractivity contribution in [3.63, 3.8) is 0 Å². The van der Waals surface area contributed by atoms with Gasteiger partial charge in [-0.1, -0.05) is 0 Å². The monoisotopic (exact) mass is 246 g/mol. The van der Waals surface area contributed by atoms with Gasteiger partial charge in [0.05, 0.1) is 17.4 Å². The second-order valence-corrected chi connectivity index (χ2v) is 3.30. The third-order valence-corrected chi connectivity index (χ3v) is 2.08. The molecule has 0 atom stereocenters. The molecule has 0 aliphatic heterocycles. The summed E-state index contributed by atoms with van der Waals surface area (Å²) >= 11 is 0. The smallest absolute Gasteiger partial charge is 0.238 e. The highest BCUT2D eigenvalue weighted by atomic mass is 19.1. The number of nitrogens with zero attached hydrogens (tertiary/aromatic N) is 5. The highest BCUT2D eigenvalue weighted by molar-refractivity contribution is 5.92. The van der Waals surface area contributed by atoms with E-state index in [1.54, 1.807) is 6.07 Å². The minimum atomic E-state index is -0.599. The lowest BCUT2D eigenvalue weighted by Gasteiger charge is -2.06. The Kier molecular flexibility index (Phi) is 3.24. The summed E-state index contributed by atoms with van der Waals surface area (Å²) in [4.78, 5) is 11.2. The number of nitrogens with one attached hydrogen (secondary N) is 1. The standard InChI is InChI=1S/C10H7FN6O/c11-8-2-1-7(17-6-13-15-16-17)5-9(8)14-10(18)3-4-12/h1-2,5-6H,3H2,(H,14,18). The van der Waals surface area contributed by atoms with E-state index >= 15 is 0 Å². The number of halogens is 1.